The molecule has 0 bridgehead atoms. The van der Waals surface area contributed by atoms with Crippen molar-refractivity contribution in [2.45, 2.75) is 0 Å². The lowest BCUT2D eigenvalue weighted by molar-refractivity contribution is 0.780. The van der Waals surface area contributed by atoms with Crippen LogP contribution >= 0.6 is 0 Å². The van der Waals surface area contributed by atoms with Gasteiger partial charge in [0.05, 0.1) is 5.69 Å². The number of aryl methyl sites for hydroxylation is 1. The van der Waals surface area contributed by atoms with E-state index in [0.717, 1.165) is 11.3 Å². The zero-order chi connectivity index (χ0) is 11.7. The van der Waals surface area contributed by atoms with Crippen molar-refractivity contribution in [3.8, 4) is 11.3 Å². The van der Waals surface area contributed by atoms with Crippen LogP contribution in [0, 0.1) is 5.41 Å². The van der Waals surface area contributed by atoms with Crippen molar-refractivity contribution < 1.29 is 0 Å². The molecule has 0 saturated heterocycles. The number of anilines is 2. The van der Waals surface area contributed by atoms with Gasteiger partial charge in [0.2, 0.25) is 0 Å². The van der Waals surface area contributed by atoms with E-state index >= 15 is 0 Å². The smallest absolute Gasteiger partial charge is 0.146 e. The predicted molar refractivity (Wildman–Crippen MR) is 65.4 cm³/mol. The fourth-order valence-corrected chi connectivity index (χ4v) is 1.62. The maximum Gasteiger partial charge on any atom is 0.146 e. The summed E-state index contributed by atoms with van der Waals surface area (Å²) in [5.74, 6) is 0.478. The fraction of sp³-hybridized carbons (Fsp3) is 0.0909. The van der Waals surface area contributed by atoms with E-state index in [1.54, 1.807) is 16.8 Å². The Balaban J connectivity index is 2.56. The molecule has 82 valence electrons. The molecular weight excluding hydrogens is 202 g/mol. The van der Waals surface area contributed by atoms with Crippen LogP contribution in [0.4, 0.5) is 11.5 Å². The second-order valence-corrected chi connectivity index (χ2v) is 3.57. The van der Waals surface area contributed by atoms with Gasteiger partial charge in [0.1, 0.15) is 5.82 Å². The number of nitrogens with two attached hydrogens (primary N) is 2. The van der Waals surface area contributed by atoms with Crippen molar-refractivity contribution in [3.05, 3.63) is 29.8 Å². The Morgan fingerprint density at radius 1 is 1.31 bits per heavy atom. The Morgan fingerprint density at radius 3 is 2.62 bits per heavy atom. The van der Waals surface area contributed by atoms with Gasteiger partial charge in [-0.25, -0.2) is 0 Å². The summed E-state index contributed by atoms with van der Waals surface area (Å²) in [4.78, 5) is 0. The van der Waals surface area contributed by atoms with E-state index in [0.29, 0.717) is 17.1 Å². The van der Waals surface area contributed by atoms with E-state index in [9.17, 15) is 0 Å². The van der Waals surface area contributed by atoms with Gasteiger partial charge in [-0.05, 0) is 12.1 Å². The lowest BCUT2D eigenvalue weighted by atomic mass is 10.1. The van der Waals surface area contributed by atoms with Crippen molar-refractivity contribution in [2.24, 2.45) is 7.05 Å². The monoisotopic (exact) mass is 215 g/mol. The Bertz CT molecular complexity index is 541. The molecule has 5 heteroatoms. The summed E-state index contributed by atoms with van der Waals surface area (Å²) in [6.45, 7) is 0. The first-order valence-corrected chi connectivity index (χ1v) is 4.81. The first kappa shape index (κ1) is 10.2. The zero-order valence-corrected chi connectivity index (χ0v) is 8.94. The van der Waals surface area contributed by atoms with Crippen LogP contribution in [0.1, 0.15) is 5.56 Å². The zero-order valence-electron chi connectivity index (χ0n) is 8.94. The lowest BCUT2D eigenvalue weighted by Gasteiger charge is -2.05. The number of aromatic nitrogens is 2. The largest absolute Gasteiger partial charge is 0.398 e. The molecule has 5 nitrogen and oxygen atoms in total. The predicted octanol–water partition coefficient (Wildman–Crippen LogP) is 1.25. The van der Waals surface area contributed by atoms with E-state index in [1.165, 1.54) is 6.21 Å². The van der Waals surface area contributed by atoms with Crippen LogP contribution in [0.25, 0.3) is 11.3 Å². The van der Waals surface area contributed by atoms with Gasteiger partial charge < -0.3 is 16.9 Å². The highest BCUT2D eigenvalue weighted by Gasteiger charge is 2.07. The highest BCUT2D eigenvalue weighted by Crippen LogP contribution is 2.23. The van der Waals surface area contributed by atoms with Crippen molar-refractivity contribution >= 4 is 17.7 Å². The lowest BCUT2D eigenvalue weighted by Crippen LogP contribution is -1.97. The van der Waals surface area contributed by atoms with Crippen LogP contribution in [-0.4, -0.2) is 16.0 Å². The van der Waals surface area contributed by atoms with Gasteiger partial charge in [0.15, 0.2) is 0 Å². The average Bonchev–Trinajstić information content (AvgIpc) is 2.59. The number of hydrogen-bond donors (Lipinski definition) is 3. The van der Waals surface area contributed by atoms with E-state index in [-0.39, 0.29) is 0 Å². The van der Waals surface area contributed by atoms with Gasteiger partial charge in [-0.2, -0.15) is 5.10 Å². The summed E-state index contributed by atoms with van der Waals surface area (Å²) < 4.78 is 1.70. The minimum absolute atomic E-state index is 0.478. The van der Waals surface area contributed by atoms with Crippen LogP contribution in [0.5, 0.6) is 0 Å². The second kappa shape index (κ2) is 3.69. The minimum atomic E-state index is 0.478. The molecule has 16 heavy (non-hydrogen) atoms. The van der Waals surface area contributed by atoms with Gasteiger partial charge >= 0.3 is 0 Å². The van der Waals surface area contributed by atoms with Crippen molar-refractivity contribution in [1.82, 2.24) is 9.78 Å². The Labute approximate surface area is 93.2 Å². The standard InChI is InChI=1S/C11H13N5/c1-16-10(5-11(14)15-16)7-2-3-9(13)8(4-7)6-12/h2-6,12H,13H2,1H3,(H2,14,15). The van der Waals surface area contributed by atoms with Gasteiger partial charge in [-0.1, -0.05) is 6.07 Å². The quantitative estimate of drug-likeness (QED) is 0.519. The molecule has 0 amide bonds. The van der Waals surface area contributed by atoms with Crippen LogP contribution in [0.2, 0.25) is 0 Å². The van der Waals surface area contributed by atoms with Gasteiger partial charge in [0, 0.05) is 36.1 Å². The number of rotatable bonds is 2. The summed E-state index contributed by atoms with van der Waals surface area (Å²) in [5.41, 5.74) is 14.5. The molecule has 0 aliphatic rings. The van der Waals surface area contributed by atoms with E-state index < -0.39 is 0 Å². The third kappa shape index (κ3) is 1.63. The van der Waals surface area contributed by atoms with Crippen molar-refractivity contribution in [2.75, 3.05) is 11.5 Å². The fourth-order valence-electron chi connectivity index (χ4n) is 1.62. The molecule has 5 N–H and O–H groups in total. The molecule has 1 heterocycles. The molecule has 0 aliphatic carbocycles. The molecule has 1 aromatic heterocycles. The van der Waals surface area contributed by atoms with Crippen molar-refractivity contribution in [1.29, 1.82) is 5.41 Å². The molecular formula is C11H13N5. The Morgan fingerprint density at radius 2 is 2.06 bits per heavy atom. The number of hydrogen-bond acceptors (Lipinski definition) is 4. The molecule has 2 rings (SSSR count). The summed E-state index contributed by atoms with van der Waals surface area (Å²) in [5, 5.41) is 11.3. The second-order valence-electron chi connectivity index (χ2n) is 3.57. The molecule has 0 saturated carbocycles. The average molecular weight is 215 g/mol. The summed E-state index contributed by atoms with van der Waals surface area (Å²) in [6, 6.07) is 7.30. The molecule has 0 unspecified atom stereocenters. The molecule has 1 aromatic carbocycles. The van der Waals surface area contributed by atoms with E-state index in [1.807, 2.05) is 19.2 Å². The number of nitrogen functional groups attached to an aromatic ring is 2. The highest BCUT2D eigenvalue weighted by atomic mass is 15.3. The van der Waals surface area contributed by atoms with Crippen LogP contribution in [-0.2, 0) is 7.05 Å². The van der Waals surface area contributed by atoms with Gasteiger partial charge in [-0.15, -0.1) is 0 Å². The van der Waals surface area contributed by atoms with E-state index in [4.69, 9.17) is 16.9 Å². The molecule has 0 aliphatic heterocycles. The first-order chi connectivity index (χ1) is 7.61. The first-order valence-electron chi connectivity index (χ1n) is 4.81. The summed E-state index contributed by atoms with van der Waals surface area (Å²) in [6.07, 6.45) is 1.23. The number of nitrogens with zero attached hydrogens (tertiary/aromatic N) is 2. The Kier molecular flexibility index (Phi) is 2.36. The third-order valence-corrected chi connectivity index (χ3v) is 2.44. The highest BCUT2D eigenvalue weighted by molar-refractivity contribution is 5.87. The topological polar surface area (TPSA) is 93.7 Å². The summed E-state index contributed by atoms with van der Waals surface area (Å²) in [7, 11) is 1.83. The van der Waals surface area contributed by atoms with E-state index in [2.05, 4.69) is 5.10 Å². The molecule has 0 radical (unpaired) electrons. The Hall–Kier alpha value is -2.30. The van der Waals surface area contributed by atoms with Crippen LogP contribution < -0.4 is 11.5 Å². The SMILES string of the molecule is Cn1nc(N)cc1-c1ccc(N)c(C=N)c1. The molecule has 0 atom stereocenters. The van der Waals surface area contributed by atoms with Crippen LogP contribution in [0.3, 0.4) is 0 Å². The van der Waals surface area contributed by atoms with Gasteiger partial charge in [-0.3, -0.25) is 4.68 Å². The maximum atomic E-state index is 7.25. The normalized spacial score (nSPS) is 10.3. The summed E-state index contributed by atoms with van der Waals surface area (Å²) >= 11 is 0. The number of nitrogens with one attached hydrogen (secondary N) is 1. The molecule has 0 fully saturated rings. The maximum absolute atomic E-state index is 7.25. The third-order valence-electron chi connectivity index (χ3n) is 2.44. The number of benzene rings is 1. The molecule has 0 spiro atoms. The molecule has 2 aromatic rings. The van der Waals surface area contributed by atoms with Crippen molar-refractivity contribution in [3.63, 3.8) is 0 Å². The van der Waals surface area contributed by atoms with Gasteiger partial charge in [0.25, 0.3) is 0 Å². The minimum Gasteiger partial charge on any atom is -0.398 e. The van der Waals surface area contributed by atoms with Crippen LogP contribution in [0.15, 0.2) is 24.3 Å².